The molecule has 0 unspecified atom stereocenters. The summed E-state index contributed by atoms with van der Waals surface area (Å²) in [5.41, 5.74) is -7.70. The average molecular weight is 381 g/mol. The quantitative estimate of drug-likeness (QED) is 0.524. The standard InChI is InChI=1S/C9H2ClF9O2S/c10-22(20,21)6-2-4(8(14,15)16)3(7(11,12)13)1-5(6)9(17,18)19/h1-2H. The van der Waals surface area contributed by atoms with E-state index in [4.69, 9.17) is 0 Å². The monoisotopic (exact) mass is 380 g/mol. The molecule has 0 saturated carbocycles. The second kappa shape index (κ2) is 5.18. The van der Waals surface area contributed by atoms with Gasteiger partial charge in [-0.25, -0.2) is 8.42 Å². The molecular formula is C9H2ClF9O2S. The summed E-state index contributed by atoms with van der Waals surface area (Å²) in [5.74, 6) is 0. The van der Waals surface area contributed by atoms with Gasteiger partial charge in [0.2, 0.25) is 0 Å². The molecule has 1 aromatic rings. The molecule has 0 saturated heterocycles. The van der Waals surface area contributed by atoms with Gasteiger partial charge in [-0.05, 0) is 12.1 Å². The Morgan fingerprint density at radius 2 is 1.00 bits per heavy atom. The third-order valence-corrected chi connectivity index (χ3v) is 3.66. The maximum absolute atomic E-state index is 12.6. The van der Waals surface area contributed by atoms with Crippen LogP contribution >= 0.6 is 10.7 Å². The fourth-order valence-corrected chi connectivity index (χ4v) is 2.55. The van der Waals surface area contributed by atoms with Crippen molar-refractivity contribution in [2.75, 3.05) is 0 Å². The van der Waals surface area contributed by atoms with Crippen LogP contribution in [-0.4, -0.2) is 8.42 Å². The summed E-state index contributed by atoms with van der Waals surface area (Å²) >= 11 is 0. The normalized spacial score (nSPS) is 14.3. The summed E-state index contributed by atoms with van der Waals surface area (Å²) in [6.45, 7) is 0. The third kappa shape index (κ3) is 3.97. The van der Waals surface area contributed by atoms with Crippen LogP contribution in [0.25, 0.3) is 0 Å². The molecule has 0 atom stereocenters. The van der Waals surface area contributed by atoms with Crippen LogP contribution in [-0.2, 0) is 27.6 Å². The molecule has 0 bridgehead atoms. The Bertz CT molecular complexity index is 685. The first-order chi connectivity index (χ1) is 9.45. The first-order valence-electron chi connectivity index (χ1n) is 4.80. The van der Waals surface area contributed by atoms with Crippen molar-refractivity contribution < 1.29 is 47.9 Å². The van der Waals surface area contributed by atoms with E-state index in [9.17, 15) is 47.9 Å². The molecule has 1 rings (SSSR count). The van der Waals surface area contributed by atoms with Crippen LogP contribution in [0.2, 0.25) is 0 Å². The number of hydrogen-bond acceptors (Lipinski definition) is 2. The molecule has 0 aromatic heterocycles. The highest BCUT2D eigenvalue weighted by molar-refractivity contribution is 8.13. The first-order valence-corrected chi connectivity index (χ1v) is 7.11. The summed E-state index contributed by atoms with van der Waals surface area (Å²) in [5, 5.41) is 0. The molecule has 0 heterocycles. The number of alkyl halides is 9. The lowest BCUT2D eigenvalue weighted by Crippen LogP contribution is -2.21. The van der Waals surface area contributed by atoms with Gasteiger partial charge in [0.15, 0.2) is 0 Å². The average Bonchev–Trinajstić information content (AvgIpc) is 2.22. The second-order valence-electron chi connectivity index (χ2n) is 3.83. The third-order valence-electron chi connectivity index (χ3n) is 2.30. The van der Waals surface area contributed by atoms with Crippen LogP contribution in [0.15, 0.2) is 17.0 Å². The Hall–Kier alpha value is -1.17. The van der Waals surface area contributed by atoms with Crippen LogP contribution in [0.5, 0.6) is 0 Å². The van der Waals surface area contributed by atoms with Crippen molar-refractivity contribution in [2.24, 2.45) is 0 Å². The van der Waals surface area contributed by atoms with Crippen molar-refractivity contribution in [1.29, 1.82) is 0 Å². The van der Waals surface area contributed by atoms with Crippen molar-refractivity contribution in [2.45, 2.75) is 23.4 Å². The summed E-state index contributed by atoms with van der Waals surface area (Å²) in [4.78, 5) is -2.11. The number of benzene rings is 1. The molecule has 0 amide bonds. The van der Waals surface area contributed by atoms with E-state index in [0.29, 0.717) is 0 Å². The van der Waals surface area contributed by atoms with Crippen molar-refractivity contribution in [3.05, 3.63) is 28.8 Å². The molecule has 0 spiro atoms. The Labute approximate surface area is 120 Å². The Morgan fingerprint density at radius 3 is 1.27 bits per heavy atom. The molecule has 13 heteroatoms. The minimum absolute atomic E-state index is 0.784. The van der Waals surface area contributed by atoms with Crippen LogP contribution < -0.4 is 0 Å². The minimum atomic E-state index is -5.79. The first kappa shape index (κ1) is 18.9. The summed E-state index contributed by atoms with van der Waals surface area (Å²) in [6.07, 6.45) is -17.2. The Kier molecular flexibility index (Phi) is 4.45. The van der Waals surface area contributed by atoms with E-state index in [1.54, 1.807) is 0 Å². The van der Waals surface area contributed by atoms with E-state index in [0.717, 1.165) is 0 Å². The van der Waals surface area contributed by atoms with Gasteiger partial charge < -0.3 is 0 Å². The lowest BCUT2D eigenvalue weighted by atomic mass is 10.0. The minimum Gasteiger partial charge on any atom is -0.207 e. The maximum Gasteiger partial charge on any atom is 0.417 e. The fourth-order valence-electron chi connectivity index (χ4n) is 1.47. The van der Waals surface area contributed by atoms with E-state index in [1.165, 1.54) is 0 Å². The van der Waals surface area contributed by atoms with E-state index in [1.807, 2.05) is 0 Å². The zero-order chi connectivity index (χ0) is 17.7. The molecule has 0 fully saturated rings. The molecule has 0 N–H and O–H groups in total. The molecule has 1 aromatic carbocycles. The highest BCUT2D eigenvalue weighted by Crippen LogP contribution is 2.45. The van der Waals surface area contributed by atoms with Gasteiger partial charge in [-0.2, -0.15) is 39.5 Å². The van der Waals surface area contributed by atoms with Gasteiger partial charge in [0, 0.05) is 10.7 Å². The molecule has 0 aliphatic carbocycles. The number of halogens is 10. The zero-order valence-corrected chi connectivity index (χ0v) is 11.2. The van der Waals surface area contributed by atoms with Gasteiger partial charge >= 0.3 is 18.5 Å². The van der Waals surface area contributed by atoms with Gasteiger partial charge in [0.25, 0.3) is 9.05 Å². The van der Waals surface area contributed by atoms with Crippen molar-refractivity contribution >= 4 is 19.7 Å². The van der Waals surface area contributed by atoms with Gasteiger partial charge in [-0.1, -0.05) is 0 Å². The van der Waals surface area contributed by atoms with Crippen LogP contribution in [0.3, 0.4) is 0 Å². The lowest BCUT2D eigenvalue weighted by Gasteiger charge is -2.19. The van der Waals surface area contributed by atoms with Crippen LogP contribution in [0.1, 0.15) is 16.7 Å². The van der Waals surface area contributed by atoms with Gasteiger partial charge in [0.1, 0.15) is 0 Å². The second-order valence-corrected chi connectivity index (χ2v) is 6.36. The molecule has 0 aliphatic heterocycles. The van der Waals surface area contributed by atoms with Crippen LogP contribution in [0.4, 0.5) is 39.5 Å². The Balaban J connectivity index is 3.98. The highest BCUT2D eigenvalue weighted by atomic mass is 35.7. The lowest BCUT2D eigenvalue weighted by molar-refractivity contribution is -0.164. The molecule has 0 aliphatic rings. The predicted octanol–water partition coefficient (Wildman–Crippen LogP) is 4.67. The van der Waals surface area contributed by atoms with E-state index >= 15 is 0 Å². The van der Waals surface area contributed by atoms with Gasteiger partial charge in [0.05, 0.1) is 21.6 Å². The highest BCUT2D eigenvalue weighted by Gasteiger charge is 2.47. The zero-order valence-electron chi connectivity index (χ0n) is 9.66. The summed E-state index contributed by atoms with van der Waals surface area (Å²) in [7, 11) is -0.795. The number of rotatable bonds is 1. The SMILES string of the molecule is O=S(=O)(Cl)c1cc(C(F)(F)F)c(C(F)(F)F)cc1C(F)(F)F. The molecule has 22 heavy (non-hydrogen) atoms. The molecule has 0 radical (unpaired) electrons. The van der Waals surface area contributed by atoms with Crippen LogP contribution in [0, 0.1) is 0 Å². The fraction of sp³-hybridized carbons (Fsp3) is 0.333. The Morgan fingerprint density at radius 1 is 0.682 bits per heavy atom. The van der Waals surface area contributed by atoms with Gasteiger partial charge in [-0.3, -0.25) is 0 Å². The van der Waals surface area contributed by atoms with Crippen molar-refractivity contribution in [1.82, 2.24) is 0 Å². The number of hydrogen-bond donors (Lipinski definition) is 0. The maximum atomic E-state index is 12.6. The smallest absolute Gasteiger partial charge is 0.207 e. The molecule has 126 valence electrons. The summed E-state index contributed by atoms with van der Waals surface area (Å²) < 4.78 is 135. The van der Waals surface area contributed by atoms with Gasteiger partial charge in [-0.15, -0.1) is 0 Å². The van der Waals surface area contributed by atoms with Crippen molar-refractivity contribution in [3.8, 4) is 0 Å². The topological polar surface area (TPSA) is 34.1 Å². The molecule has 2 nitrogen and oxygen atoms in total. The van der Waals surface area contributed by atoms with E-state index in [2.05, 4.69) is 10.7 Å². The summed E-state index contributed by atoms with van der Waals surface area (Å²) in [6, 6.07) is -1.72. The van der Waals surface area contributed by atoms with E-state index in [-0.39, 0.29) is 0 Å². The predicted molar refractivity (Wildman–Crippen MR) is 54.5 cm³/mol. The largest absolute Gasteiger partial charge is 0.417 e. The van der Waals surface area contributed by atoms with Crippen molar-refractivity contribution in [3.63, 3.8) is 0 Å². The van der Waals surface area contributed by atoms with E-state index < -0.39 is 61.3 Å². The molecular weight excluding hydrogens is 379 g/mol.